The van der Waals surface area contributed by atoms with Crippen molar-refractivity contribution in [3.63, 3.8) is 0 Å². The maximum atomic E-state index is 12.6. The van der Waals surface area contributed by atoms with E-state index in [1.54, 1.807) is 6.92 Å². The zero-order chi connectivity index (χ0) is 17.3. The number of nitrogens with two attached hydrogens (primary N) is 1. The van der Waals surface area contributed by atoms with Gasteiger partial charge >= 0.3 is 0 Å². The number of carbonyl (C=O) groups excluding carboxylic acids is 2. The number of nitrogens with zero attached hydrogens (tertiary/aromatic N) is 2. The second kappa shape index (κ2) is 6.47. The van der Waals surface area contributed by atoms with Crippen molar-refractivity contribution in [1.29, 1.82) is 0 Å². The number of aromatic nitrogens is 2. The molecule has 6 nitrogen and oxygen atoms in total. The lowest BCUT2D eigenvalue weighted by Gasteiger charge is -2.11. The van der Waals surface area contributed by atoms with E-state index in [4.69, 9.17) is 5.73 Å². The average Bonchev–Trinajstić information content (AvgIpc) is 3.08. The highest BCUT2D eigenvalue weighted by atomic mass is 16.2. The van der Waals surface area contributed by atoms with Crippen LogP contribution < -0.4 is 11.1 Å². The molecule has 24 heavy (non-hydrogen) atoms. The van der Waals surface area contributed by atoms with Crippen LogP contribution in [0.2, 0.25) is 0 Å². The maximum absolute atomic E-state index is 12.6. The van der Waals surface area contributed by atoms with Gasteiger partial charge in [0.2, 0.25) is 5.91 Å². The number of primary amides is 1. The van der Waals surface area contributed by atoms with Gasteiger partial charge in [-0.1, -0.05) is 18.2 Å². The standard InChI is InChI=1S/C18H22N4O2/c1-11-6-3-4-8-14(11)22-15-9-5-7-13(15)17(21-22)18(24)20-12(2)10-16(19)23/h3-4,6,8,12H,5,7,9-10H2,1-2H3,(H2,19,23)(H,20,24)/t12-/m1/s1. The van der Waals surface area contributed by atoms with Gasteiger partial charge in [0, 0.05) is 23.7 Å². The first kappa shape index (κ1) is 16.2. The van der Waals surface area contributed by atoms with E-state index in [1.165, 1.54) is 0 Å². The fourth-order valence-electron chi connectivity index (χ4n) is 3.27. The molecule has 6 heteroatoms. The van der Waals surface area contributed by atoms with Crippen molar-refractivity contribution in [1.82, 2.24) is 15.1 Å². The zero-order valence-electron chi connectivity index (χ0n) is 14.0. The van der Waals surface area contributed by atoms with E-state index in [-0.39, 0.29) is 18.4 Å². The highest BCUT2D eigenvalue weighted by Crippen LogP contribution is 2.28. The molecule has 0 saturated carbocycles. The third kappa shape index (κ3) is 3.04. The number of carbonyl (C=O) groups is 2. The SMILES string of the molecule is Cc1ccccc1-n1nc(C(=O)N[C@H](C)CC(N)=O)c2c1CCC2. The molecule has 0 spiro atoms. The Kier molecular flexibility index (Phi) is 4.38. The van der Waals surface area contributed by atoms with Crippen LogP contribution in [0.3, 0.4) is 0 Å². The van der Waals surface area contributed by atoms with E-state index < -0.39 is 5.91 Å². The number of hydrogen-bond acceptors (Lipinski definition) is 3. The van der Waals surface area contributed by atoms with E-state index in [2.05, 4.69) is 10.4 Å². The van der Waals surface area contributed by atoms with Crippen LogP contribution >= 0.6 is 0 Å². The highest BCUT2D eigenvalue weighted by molar-refractivity contribution is 5.94. The maximum Gasteiger partial charge on any atom is 0.272 e. The lowest BCUT2D eigenvalue weighted by molar-refractivity contribution is -0.118. The van der Waals surface area contributed by atoms with Gasteiger partial charge in [-0.25, -0.2) is 4.68 Å². The first-order chi connectivity index (χ1) is 11.5. The second-order valence-electron chi connectivity index (χ2n) is 6.37. The number of fused-ring (bicyclic) bond motifs is 1. The van der Waals surface area contributed by atoms with Crippen LogP contribution in [0.25, 0.3) is 5.69 Å². The molecule has 2 amide bonds. The molecule has 1 aromatic carbocycles. The number of amides is 2. The quantitative estimate of drug-likeness (QED) is 0.875. The van der Waals surface area contributed by atoms with Crippen LogP contribution in [0.1, 0.15) is 47.1 Å². The molecule has 126 valence electrons. The average molecular weight is 326 g/mol. The third-order valence-corrected chi connectivity index (χ3v) is 4.37. The van der Waals surface area contributed by atoms with Gasteiger partial charge in [-0.05, 0) is 44.7 Å². The predicted octanol–water partition coefficient (Wildman–Crippen LogP) is 1.66. The summed E-state index contributed by atoms with van der Waals surface area (Å²) in [5.74, 6) is -0.673. The van der Waals surface area contributed by atoms with Crippen molar-refractivity contribution in [3.8, 4) is 5.69 Å². The summed E-state index contributed by atoms with van der Waals surface area (Å²) in [4.78, 5) is 23.6. The van der Waals surface area contributed by atoms with Crippen molar-refractivity contribution in [2.24, 2.45) is 5.73 Å². The van der Waals surface area contributed by atoms with Gasteiger partial charge in [-0.15, -0.1) is 0 Å². The molecule has 2 aromatic rings. The summed E-state index contributed by atoms with van der Waals surface area (Å²) in [5.41, 5.74) is 9.88. The van der Waals surface area contributed by atoms with Crippen molar-refractivity contribution < 1.29 is 9.59 Å². The number of aryl methyl sites for hydroxylation is 1. The second-order valence-corrected chi connectivity index (χ2v) is 6.37. The van der Waals surface area contributed by atoms with E-state index in [1.807, 2.05) is 35.9 Å². The summed E-state index contributed by atoms with van der Waals surface area (Å²) in [6.07, 6.45) is 2.91. The molecule has 1 aromatic heterocycles. The molecule has 0 radical (unpaired) electrons. The number of para-hydroxylation sites is 1. The first-order valence-electron chi connectivity index (χ1n) is 8.23. The molecule has 0 aliphatic heterocycles. The number of hydrogen-bond donors (Lipinski definition) is 2. The van der Waals surface area contributed by atoms with Gasteiger partial charge < -0.3 is 11.1 Å². The predicted molar refractivity (Wildman–Crippen MR) is 91.1 cm³/mol. The summed E-state index contributed by atoms with van der Waals surface area (Å²) >= 11 is 0. The molecule has 0 unspecified atom stereocenters. The molecule has 1 atom stereocenters. The number of benzene rings is 1. The van der Waals surface area contributed by atoms with Gasteiger partial charge in [-0.2, -0.15) is 5.10 Å². The van der Waals surface area contributed by atoms with Crippen LogP contribution in [-0.4, -0.2) is 27.6 Å². The lowest BCUT2D eigenvalue weighted by atomic mass is 10.1. The van der Waals surface area contributed by atoms with Crippen LogP contribution in [0, 0.1) is 6.92 Å². The number of nitrogens with one attached hydrogen (secondary N) is 1. The van der Waals surface area contributed by atoms with Crippen molar-refractivity contribution >= 4 is 11.8 Å². The minimum atomic E-state index is -0.432. The summed E-state index contributed by atoms with van der Waals surface area (Å²) in [6, 6.07) is 7.70. The van der Waals surface area contributed by atoms with E-state index >= 15 is 0 Å². The molecule has 1 heterocycles. The Morgan fingerprint density at radius 1 is 1.33 bits per heavy atom. The van der Waals surface area contributed by atoms with Gasteiger partial charge in [-0.3, -0.25) is 9.59 Å². The zero-order valence-corrected chi connectivity index (χ0v) is 14.0. The van der Waals surface area contributed by atoms with Gasteiger partial charge in [0.1, 0.15) is 0 Å². The fraction of sp³-hybridized carbons (Fsp3) is 0.389. The molecule has 1 aliphatic rings. The van der Waals surface area contributed by atoms with Crippen LogP contribution in [-0.2, 0) is 17.6 Å². The third-order valence-electron chi connectivity index (χ3n) is 4.37. The van der Waals surface area contributed by atoms with E-state index in [9.17, 15) is 9.59 Å². The van der Waals surface area contributed by atoms with Gasteiger partial charge in [0.15, 0.2) is 5.69 Å². The fourth-order valence-corrected chi connectivity index (χ4v) is 3.27. The van der Waals surface area contributed by atoms with Crippen LogP contribution in [0.15, 0.2) is 24.3 Å². The Balaban J connectivity index is 1.93. The minimum absolute atomic E-state index is 0.117. The first-order valence-corrected chi connectivity index (χ1v) is 8.23. The Labute approximate surface area is 141 Å². The molecule has 0 saturated heterocycles. The van der Waals surface area contributed by atoms with Crippen molar-refractivity contribution in [2.45, 2.75) is 45.6 Å². The minimum Gasteiger partial charge on any atom is -0.370 e. The summed E-state index contributed by atoms with van der Waals surface area (Å²) in [7, 11) is 0. The monoisotopic (exact) mass is 326 g/mol. The largest absolute Gasteiger partial charge is 0.370 e. The molecule has 1 aliphatic carbocycles. The molecule has 3 rings (SSSR count). The van der Waals surface area contributed by atoms with Crippen LogP contribution in [0.4, 0.5) is 0 Å². The van der Waals surface area contributed by atoms with Crippen LogP contribution in [0.5, 0.6) is 0 Å². The summed E-state index contributed by atoms with van der Waals surface area (Å²) in [6.45, 7) is 3.80. The molecule has 0 fully saturated rings. The Bertz CT molecular complexity index is 794. The Morgan fingerprint density at radius 3 is 2.79 bits per heavy atom. The molecule has 0 bridgehead atoms. The molecular formula is C18H22N4O2. The highest BCUT2D eigenvalue weighted by Gasteiger charge is 2.27. The van der Waals surface area contributed by atoms with Crippen molar-refractivity contribution in [3.05, 3.63) is 46.8 Å². The number of rotatable bonds is 5. The van der Waals surface area contributed by atoms with Crippen molar-refractivity contribution in [2.75, 3.05) is 0 Å². The normalized spacial score (nSPS) is 14.2. The molecular weight excluding hydrogens is 304 g/mol. The molecule has 3 N–H and O–H groups in total. The topological polar surface area (TPSA) is 90.0 Å². The van der Waals surface area contributed by atoms with Gasteiger partial charge in [0.05, 0.1) is 5.69 Å². The summed E-state index contributed by atoms with van der Waals surface area (Å²) < 4.78 is 1.89. The Hall–Kier alpha value is -2.63. The van der Waals surface area contributed by atoms with Gasteiger partial charge in [0.25, 0.3) is 5.91 Å². The summed E-state index contributed by atoms with van der Waals surface area (Å²) in [5, 5.41) is 7.40. The smallest absolute Gasteiger partial charge is 0.272 e. The Morgan fingerprint density at radius 2 is 2.08 bits per heavy atom. The van der Waals surface area contributed by atoms with E-state index in [0.717, 1.165) is 41.8 Å². The lowest BCUT2D eigenvalue weighted by Crippen LogP contribution is -2.36. The van der Waals surface area contributed by atoms with E-state index in [0.29, 0.717) is 5.69 Å².